The average Bonchev–Trinajstić information content (AvgIpc) is 2.08. The molecule has 0 unspecified atom stereocenters. The predicted octanol–water partition coefficient (Wildman–Crippen LogP) is 3.14. The first-order valence-corrected chi connectivity index (χ1v) is 6.25. The topological polar surface area (TPSA) is 17.1 Å². The molecule has 0 heterocycles. The van der Waals surface area contributed by atoms with Crippen LogP contribution in [-0.4, -0.2) is 12.0 Å². The minimum Gasteiger partial charge on any atom is -0.300 e. The quantitative estimate of drug-likeness (QED) is 0.630. The van der Waals surface area contributed by atoms with Crippen molar-refractivity contribution in [2.75, 3.05) is 6.26 Å². The third kappa shape index (κ3) is 3.31. The van der Waals surface area contributed by atoms with Crippen LogP contribution in [0, 0.1) is 3.57 Å². The van der Waals surface area contributed by atoms with Gasteiger partial charge in [-0.3, -0.25) is 4.79 Å². The number of ketones is 1. The summed E-state index contributed by atoms with van der Waals surface area (Å²) in [5.74, 6) is 0.219. The third-order valence-electron chi connectivity index (χ3n) is 1.69. The monoisotopic (exact) mass is 306 g/mol. The van der Waals surface area contributed by atoms with Crippen molar-refractivity contribution in [1.29, 1.82) is 0 Å². The van der Waals surface area contributed by atoms with E-state index in [1.165, 1.54) is 8.47 Å². The number of carbonyl (C=O) groups is 1. The molecule has 3 heteroatoms. The maximum absolute atomic E-state index is 11.0. The van der Waals surface area contributed by atoms with Gasteiger partial charge < -0.3 is 0 Å². The van der Waals surface area contributed by atoms with E-state index in [1.807, 2.05) is 6.26 Å². The van der Waals surface area contributed by atoms with Gasteiger partial charge in [0, 0.05) is 14.9 Å². The Hall–Kier alpha value is -0.0300. The Morgan fingerprint density at radius 3 is 2.77 bits per heavy atom. The summed E-state index contributed by atoms with van der Waals surface area (Å²) in [6.45, 7) is 1.63. The van der Waals surface area contributed by atoms with Crippen LogP contribution in [0.25, 0.3) is 0 Å². The van der Waals surface area contributed by atoms with Crippen LogP contribution in [-0.2, 0) is 11.2 Å². The summed E-state index contributed by atoms with van der Waals surface area (Å²) in [6.07, 6.45) is 2.59. The highest BCUT2D eigenvalue weighted by Crippen LogP contribution is 2.21. The van der Waals surface area contributed by atoms with Gasteiger partial charge in [0.1, 0.15) is 5.78 Å². The van der Waals surface area contributed by atoms with Gasteiger partial charge in [-0.2, -0.15) is 0 Å². The minimum absolute atomic E-state index is 0.219. The van der Waals surface area contributed by atoms with Gasteiger partial charge in [-0.1, -0.05) is 0 Å². The van der Waals surface area contributed by atoms with Crippen LogP contribution >= 0.6 is 34.4 Å². The molecule has 0 saturated carbocycles. The third-order valence-corrected chi connectivity index (χ3v) is 3.47. The summed E-state index contributed by atoms with van der Waals surface area (Å²) in [6, 6.07) is 6.23. The Morgan fingerprint density at radius 1 is 1.54 bits per heavy atom. The first-order chi connectivity index (χ1) is 6.13. The number of hydrogen-bond acceptors (Lipinski definition) is 2. The largest absolute Gasteiger partial charge is 0.300 e. The Bertz CT molecular complexity index is 323. The summed E-state index contributed by atoms with van der Waals surface area (Å²) in [5.41, 5.74) is 1.14. The molecule has 0 bridgehead atoms. The second-order valence-electron chi connectivity index (χ2n) is 2.84. The standard InChI is InChI=1S/C10H11IOS/c1-7(12)5-8-6-9(13-2)3-4-10(8)11/h3-4,6H,5H2,1-2H3. The van der Waals surface area contributed by atoms with E-state index in [0.717, 1.165) is 5.56 Å². The minimum atomic E-state index is 0.219. The summed E-state index contributed by atoms with van der Waals surface area (Å²) >= 11 is 3.97. The van der Waals surface area contributed by atoms with Gasteiger partial charge in [-0.05, 0) is 59.5 Å². The molecule has 70 valence electrons. The summed E-state index contributed by atoms with van der Waals surface area (Å²) in [7, 11) is 0. The highest BCUT2D eigenvalue weighted by molar-refractivity contribution is 14.1. The smallest absolute Gasteiger partial charge is 0.134 e. The summed E-state index contributed by atoms with van der Waals surface area (Å²) < 4.78 is 1.17. The fourth-order valence-corrected chi connectivity index (χ4v) is 2.07. The number of carbonyl (C=O) groups excluding carboxylic acids is 1. The van der Waals surface area contributed by atoms with E-state index < -0.39 is 0 Å². The van der Waals surface area contributed by atoms with E-state index in [4.69, 9.17) is 0 Å². The number of thioether (sulfide) groups is 1. The molecule has 0 saturated heterocycles. The normalized spacial score (nSPS) is 10.1. The molecular weight excluding hydrogens is 295 g/mol. The Balaban J connectivity index is 2.96. The zero-order valence-electron chi connectivity index (χ0n) is 7.63. The lowest BCUT2D eigenvalue weighted by Gasteiger charge is -2.04. The van der Waals surface area contributed by atoms with Crippen molar-refractivity contribution in [3.05, 3.63) is 27.3 Å². The fourth-order valence-electron chi connectivity index (χ4n) is 1.08. The van der Waals surface area contributed by atoms with E-state index in [0.29, 0.717) is 6.42 Å². The predicted molar refractivity (Wildman–Crippen MR) is 65.3 cm³/mol. The van der Waals surface area contributed by atoms with Gasteiger partial charge in [-0.15, -0.1) is 11.8 Å². The first kappa shape index (κ1) is 11.0. The lowest BCUT2D eigenvalue weighted by atomic mass is 10.1. The molecule has 1 aromatic carbocycles. The molecule has 1 aromatic rings. The van der Waals surface area contributed by atoms with Gasteiger partial charge in [0.2, 0.25) is 0 Å². The van der Waals surface area contributed by atoms with Crippen molar-refractivity contribution in [1.82, 2.24) is 0 Å². The van der Waals surface area contributed by atoms with Gasteiger partial charge in [0.15, 0.2) is 0 Å². The molecule has 0 radical (unpaired) electrons. The molecule has 0 aliphatic heterocycles. The van der Waals surface area contributed by atoms with Crippen LogP contribution in [0.1, 0.15) is 12.5 Å². The fraction of sp³-hybridized carbons (Fsp3) is 0.300. The zero-order chi connectivity index (χ0) is 9.84. The van der Waals surface area contributed by atoms with Crippen LogP contribution in [0.3, 0.4) is 0 Å². The van der Waals surface area contributed by atoms with Crippen molar-refractivity contribution in [2.45, 2.75) is 18.2 Å². The lowest BCUT2D eigenvalue weighted by molar-refractivity contribution is -0.116. The summed E-state index contributed by atoms with van der Waals surface area (Å²) in [4.78, 5) is 12.2. The molecule has 1 nitrogen and oxygen atoms in total. The Morgan fingerprint density at radius 2 is 2.23 bits per heavy atom. The molecule has 13 heavy (non-hydrogen) atoms. The SMILES string of the molecule is CSc1ccc(I)c(CC(C)=O)c1. The molecule has 0 fully saturated rings. The second kappa shape index (κ2) is 5.00. The van der Waals surface area contributed by atoms with Crippen LogP contribution in [0.2, 0.25) is 0 Å². The molecule has 0 spiro atoms. The molecule has 1 rings (SSSR count). The van der Waals surface area contributed by atoms with E-state index in [-0.39, 0.29) is 5.78 Å². The molecule has 0 atom stereocenters. The zero-order valence-corrected chi connectivity index (χ0v) is 10.6. The highest BCUT2D eigenvalue weighted by atomic mass is 127. The summed E-state index contributed by atoms with van der Waals surface area (Å²) in [5, 5.41) is 0. The van der Waals surface area contributed by atoms with E-state index >= 15 is 0 Å². The van der Waals surface area contributed by atoms with E-state index in [1.54, 1.807) is 18.7 Å². The molecule has 0 aromatic heterocycles. The van der Waals surface area contributed by atoms with Crippen molar-refractivity contribution >= 4 is 40.1 Å². The molecule has 0 amide bonds. The molecular formula is C10H11IOS. The van der Waals surface area contributed by atoms with Crippen molar-refractivity contribution in [2.24, 2.45) is 0 Å². The Labute approximate surface area is 96.4 Å². The van der Waals surface area contributed by atoms with Crippen LogP contribution < -0.4 is 0 Å². The van der Waals surface area contributed by atoms with Gasteiger partial charge in [0.05, 0.1) is 0 Å². The van der Waals surface area contributed by atoms with Gasteiger partial charge in [0.25, 0.3) is 0 Å². The lowest BCUT2D eigenvalue weighted by Crippen LogP contribution is -1.98. The number of Topliss-reactive ketones (excluding diaryl/α,β-unsaturated/α-hetero) is 1. The maximum Gasteiger partial charge on any atom is 0.134 e. The van der Waals surface area contributed by atoms with Crippen LogP contribution in [0.5, 0.6) is 0 Å². The number of benzene rings is 1. The molecule has 0 aliphatic carbocycles. The van der Waals surface area contributed by atoms with Crippen molar-refractivity contribution in [3.8, 4) is 0 Å². The Kier molecular flexibility index (Phi) is 4.25. The number of hydrogen-bond donors (Lipinski definition) is 0. The number of rotatable bonds is 3. The van der Waals surface area contributed by atoms with E-state index in [9.17, 15) is 4.79 Å². The number of halogens is 1. The second-order valence-corrected chi connectivity index (χ2v) is 4.88. The van der Waals surface area contributed by atoms with Crippen LogP contribution in [0.15, 0.2) is 23.1 Å². The van der Waals surface area contributed by atoms with Gasteiger partial charge >= 0.3 is 0 Å². The maximum atomic E-state index is 11.0. The molecule has 0 N–H and O–H groups in total. The average molecular weight is 306 g/mol. The van der Waals surface area contributed by atoms with Gasteiger partial charge in [-0.25, -0.2) is 0 Å². The van der Waals surface area contributed by atoms with Crippen molar-refractivity contribution < 1.29 is 4.79 Å². The first-order valence-electron chi connectivity index (χ1n) is 3.95. The van der Waals surface area contributed by atoms with Crippen molar-refractivity contribution in [3.63, 3.8) is 0 Å². The van der Waals surface area contributed by atoms with E-state index in [2.05, 4.69) is 40.8 Å². The van der Waals surface area contributed by atoms with Crippen LogP contribution in [0.4, 0.5) is 0 Å². The highest BCUT2D eigenvalue weighted by Gasteiger charge is 2.03. The molecule has 0 aliphatic rings.